The highest BCUT2D eigenvalue weighted by Gasteiger charge is 2.45. The second kappa shape index (κ2) is 5.14. The SMILES string of the molecule is O=C(O)C1CCCC1S(=O)(=O)N1CCC[C@H](O)C1. The third-order valence-electron chi connectivity index (χ3n) is 3.87. The monoisotopic (exact) mass is 277 g/mol. The lowest BCUT2D eigenvalue weighted by atomic mass is 10.1. The van der Waals surface area contributed by atoms with Crippen molar-refractivity contribution in [2.75, 3.05) is 13.1 Å². The fourth-order valence-electron chi connectivity index (χ4n) is 2.91. The second-order valence-electron chi connectivity index (χ2n) is 5.11. The van der Waals surface area contributed by atoms with Crippen molar-refractivity contribution in [2.24, 2.45) is 5.92 Å². The number of aliphatic hydroxyl groups is 1. The minimum atomic E-state index is -3.60. The molecule has 1 heterocycles. The zero-order chi connectivity index (χ0) is 13.3. The third-order valence-corrected chi connectivity index (χ3v) is 6.25. The third kappa shape index (κ3) is 2.53. The average Bonchev–Trinajstić information content (AvgIpc) is 2.78. The Morgan fingerprint density at radius 1 is 1.17 bits per heavy atom. The Bertz CT molecular complexity index is 421. The zero-order valence-electron chi connectivity index (χ0n) is 10.2. The van der Waals surface area contributed by atoms with Crippen molar-refractivity contribution in [1.82, 2.24) is 4.31 Å². The van der Waals surface area contributed by atoms with Crippen LogP contribution in [0, 0.1) is 5.92 Å². The van der Waals surface area contributed by atoms with Crippen LogP contribution in [-0.2, 0) is 14.8 Å². The topological polar surface area (TPSA) is 94.9 Å². The fraction of sp³-hybridized carbons (Fsp3) is 0.909. The van der Waals surface area contributed by atoms with E-state index in [1.165, 1.54) is 4.31 Å². The van der Waals surface area contributed by atoms with Gasteiger partial charge >= 0.3 is 5.97 Å². The normalized spacial score (nSPS) is 34.6. The summed E-state index contributed by atoms with van der Waals surface area (Å²) in [5.74, 6) is -1.83. The number of aliphatic hydroxyl groups excluding tert-OH is 1. The van der Waals surface area contributed by atoms with Crippen molar-refractivity contribution in [3.05, 3.63) is 0 Å². The molecule has 6 nitrogen and oxygen atoms in total. The van der Waals surface area contributed by atoms with Crippen molar-refractivity contribution in [2.45, 2.75) is 43.5 Å². The number of carboxylic acids is 1. The summed E-state index contributed by atoms with van der Waals surface area (Å²) < 4.78 is 26.1. The van der Waals surface area contributed by atoms with Crippen LogP contribution in [0.3, 0.4) is 0 Å². The van der Waals surface area contributed by atoms with Gasteiger partial charge in [-0.1, -0.05) is 6.42 Å². The summed E-state index contributed by atoms with van der Waals surface area (Å²) in [4.78, 5) is 11.1. The largest absolute Gasteiger partial charge is 0.481 e. The first kappa shape index (κ1) is 13.8. The lowest BCUT2D eigenvalue weighted by Crippen LogP contribution is -2.48. The number of β-amino-alcohol motifs (C(OH)–C–C–N with tert-alkyl or cyclic N) is 1. The molecule has 2 N–H and O–H groups in total. The number of nitrogens with zero attached hydrogens (tertiary/aromatic N) is 1. The van der Waals surface area contributed by atoms with E-state index in [9.17, 15) is 18.3 Å². The molecule has 0 aromatic rings. The predicted molar refractivity (Wildman–Crippen MR) is 64.5 cm³/mol. The summed E-state index contributed by atoms with van der Waals surface area (Å²) in [7, 11) is -3.60. The fourth-order valence-corrected chi connectivity index (χ4v) is 5.19. The van der Waals surface area contributed by atoms with Crippen LogP contribution in [0.1, 0.15) is 32.1 Å². The molecule has 0 bridgehead atoms. The van der Waals surface area contributed by atoms with E-state index in [0.29, 0.717) is 38.6 Å². The molecule has 2 fully saturated rings. The first-order chi connectivity index (χ1) is 8.43. The quantitative estimate of drug-likeness (QED) is 0.758. The molecule has 1 saturated carbocycles. The van der Waals surface area contributed by atoms with Crippen LogP contribution in [-0.4, -0.2) is 53.3 Å². The van der Waals surface area contributed by atoms with Crippen LogP contribution in [0.2, 0.25) is 0 Å². The molecule has 0 spiro atoms. The number of carbonyl (C=O) groups is 1. The van der Waals surface area contributed by atoms with Gasteiger partial charge in [0.05, 0.1) is 17.3 Å². The molecule has 0 amide bonds. The summed E-state index contributed by atoms with van der Waals surface area (Å²) in [5, 5.41) is 17.8. The summed E-state index contributed by atoms with van der Waals surface area (Å²) in [5.41, 5.74) is 0. The Morgan fingerprint density at radius 2 is 1.89 bits per heavy atom. The first-order valence-corrected chi connectivity index (χ1v) is 7.83. The smallest absolute Gasteiger partial charge is 0.307 e. The van der Waals surface area contributed by atoms with Gasteiger partial charge in [-0.2, -0.15) is 4.31 Å². The van der Waals surface area contributed by atoms with E-state index in [2.05, 4.69) is 0 Å². The maximum absolute atomic E-state index is 12.4. The Morgan fingerprint density at radius 3 is 2.50 bits per heavy atom. The molecule has 0 radical (unpaired) electrons. The summed E-state index contributed by atoms with van der Waals surface area (Å²) in [6, 6.07) is 0. The van der Waals surface area contributed by atoms with Gasteiger partial charge in [0, 0.05) is 13.1 Å². The molecule has 3 atom stereocenters. The van der Waals surface area contributed by atoms with Crippen molar-refractivity contribution in [1.29, 1.82) is 0 Å². The number of hydrogen-bond donors (Lipinski definition) is 2. The average molecular weight is 277 g/mol. The number of rotatable bonds is 3. The number of aliphatic carboxylic acids is 1. The van der Waals surface area contributed by atoms with Gasteiger partial charge in [-0.25, -0.2) is 8.42 Å². The summed E-state index contributed by atoms with van der Waals surface area (Å²) in [6.07, 6.45) is 2.08. The number of sulfonamides is 1. The van der Waals surface area contributed by atoms with E-state index in [4.69, 9.17) is 5.11 Å². The number of hydrogen-bond acceptors (Lipinski definition) is 4. The maximum Gasteiger partial charge on any atom is 0.307 e. The highest BCUT2D eigenvalue weighted by atomic mass is 32.2. The Balaban J connectivity index is 2.17. The van der Waals surface area contributed by atoms with Gasteiger partial charge < -0.3 is 10.2 Å². The van der Waals surface area contributed by atoms with Crippen LogP contribution in [0.15, 0.2) is 0 Å². The number of piperidine rings is 1. The van der Waals surface area contributed by atoms with Crippen LogP contribution in [0.5, 0.6) is 0 Å². The van der Waals surface area contributed by atoms with E-state index in [-0.39, 0.29) is 6.54 Å². The molecular weight excluding hydrogens is 258 g/mol. The molecule has 7 heteroatoms. The van der Waals surface area contributed by atoms with Crippen LogP contribution in [0.4, 0.5) is 0 Å². The van der Waals surface area contributed by atoms with Crippen LogP contribution < -0.4 is 0 Å². The van der Waals surface area contributed by atoms with E-state index < -0.39 is 33.3 Å². The Hall–Kier alpha value is -0.660. The molecule has 0 aromatic carbocycles. The van der Waals surface area contributed by atoms with E-state index in [1.54, 1.807) is 0 Å². The van der Waals surface area contributed by atoms with Crippen molar-refractivity contribution < 1.29 is 23.4 Å². The molecule has 104 valence electrons. The molecule has 1 saturated heterocycles. The van der Waals surface area contributed by atoms with Gasteiger partial charge in [0.15, 0.2) is 0 Å². The van der Waals surface area contributed by atoms with Gasteiger partial charge in [-0.15, -0.1) is 0 Å². The molecule has 1 aliphatic carbocycles. The van der Waals surface area contributed by atoms with Gasteiger partial charge in [-0.3, -0.25) is 4.79 Å². The van der Waals surface area contributed by atoms with Gasteiger partial charge in [0.2, 0.25) is 10.0 Å². The molecule has 2 aliphatic rings. The molecule has 2 unspecified atom stereocenters. The molecule has 1 aliphatic heterocycles. The van der Waals surface area contributed by atoms with Crippen LogP contribution >= 0.6 is 0 Å². The van der Waals surface area contributed by atoms with E-state index in [0.717, 1.165) is 0 Å². The van der Waals surface area contributed by atoms with E-state index >= 15 is 0 Å². The van der Waals surface area contributed by atoms with Crippen molar-refractivity contribution >= 4 is 16.0 Å². The van der Waals surface area contributed by atoms with Crippen molar-refractivity contribution in [3.8, 4) is 0 Å². The Labute approximate surface area is 107 Å². The van der Waals surface area contributed by atoms with Gasteiger partial charge in [0.1, 0.15) is 0 Å². The molecular formula is C11H19NO5S. The lowest BCUT2D eigenvalue weighted by Gasteiger charge is -2.32. The predicted octanol–water partition coefficient (Wildman–Crippen LogP) is 0.0262. The Kier molecular flexibility index (Phi) is 3.93. The lowest BCUT2D eigenvalue weighted by molar-refractivity contribution is -0.141. The standard InChI is InChI=1S/C11H19NO5S/c13-8-3-2-6-12(7-8)18(16,17)10-5-1-4-9(10)11(14)15/h8-10,13H,1-7H2,(H,14,15)/t8-,9?,10?/m0/s1. The highest BCUT2D eigenvalue weighted by Crippen LogP contribution is 2.34. The minimum Gasteiger partial charge on any atom is -0.481 e. The zero-order valence-corrected chi connectivity index (χ0v) is 11.0. The second-order valence-corrected chi connectivity index (χ2v) is 7.26. The van der Waals surface area contributed by atoms with Gasteiger partial charge in [0.25, 0.3) is 0 Å². The van der Waals surface area contributed by atoms with E-state index in [1.807, 2.05) is 0 Å². The highest BCUT2D eigenvalue weighted by molar-refractivity contribution is 7.89. The maximum atomic E-state index is 12.4. The van der Waals surface area contributed by atoms with Gasteiger partial charge in [-0.05, 0) is 25.7 Å². The summed E-state index contributed by atoms with van der Waals surface area (Å²) >= 11 is 0. The van der Waals surface area contributed by atoms with Crippen molar-refractivity contribution in [3.63, 3.8) is 0 Å². The number of carboxylic acid groups (broad SMARTS) is 1. The van der Waals surface area contributed by atoms with Crippen LogP contribution in [0.25, 0.3) is 0 Å². The first-order valence-electron chi connectivity index (χ1n) is 6.32. The molecule has 0 aromatic heterocycles. The minimum absolute atomic E-state index is 0.102. The molecule has 18 heavy (non-hydrogen) atoms. The summed E-state index contributed by atoms with van der Waals surface area (Å²) in [6.45, 7) is 0.493. The molecule has 2 rings (SSSR count).